The molecule has 18 heavy (non-hydrogen) atoms. The summed E-state index contributed by atoms with van der Waals surface area (Å²) in [5, 5.41) is 9.69. The lowest BCUT2D eigenvalue weighted by molar-refractivity contribution is 0.00578. The first kappa shape index (κ1) is 13.4. The lowest BCUT2D eigenvalue weighted by Gasteiger charge is -2.32. The maximum Gasteiger partial charge on any atom is 0.495 e. The highest BCUT2D eigenvalue weighted by Gasteiger charge is 2.52. The largest absolute Gasteiger partial charge is 0.508 e. The summed E-state index contributed by atoms with van der Waals surface area (Å²) in [5.41, 5.74) is 2.14. The van der Waals surface area contributed by atoms with Gasteiger partial charge < -0.3 is 14.4 Å². The molecular weight excluding hydrogens is 227 g/mol. The van der Waals surface area contributed by atoms with Gasteiger partial charge in [0.25, 0.3) is 0 Å². The molecule has 0 bridgehead atoms. The van der Waals surface area contributed by atoms with Crippen LogP contribution in [0.1, 0.15) is 38.8 Å². The minimum Gasteiger partial charge on any atom is -0.508 e. The first-order valence-electron chi connectivity index (χ1n) is 6.30. The molecule has 0 amide bonds. The summed E-state index contributed by atoms with van der Waals surface area (Å²) in [4.78, 5) is 0. The topological polar surface area (TPSA) is 38.7 Å². The third-order valence-electron chi connectivity index (χ3n) is 4.09. The maximum atomic E-state index is 9.69. The van der Waals surface area contributed by atoms with E-state index in [0.29, 0.717) is 5.75 Å². The Kier molecular flexibility index (Phi) is 2.99. The molecule has 0 atom stereocenters. The molecule has 0 aliphatic carbocycles. The molecule has 1 aromatic rings. The molecule has 4 heteroatoms. The van der Waals surface area contributed by atoms with Crippen LogP contribution in [-0.4, -0.2) is 23.4 Å². The zero-order valence-corrected chi connectivity index (χ0v) is 12.0. The molecule has 1 aromatic carbocycles. The van der Waals surface area contributed by atoms with Crippen molar-refractivity contribution in [1.29, 1.82) is 0 Å². The summed E-state index contributed by atoms with van der Waals surface area (Å²) in [6.07, 6.45) is 0. The van der Waals surface area contributed by atoms with E-state index in [1.807, 2.05) is 47.6 Å². The number of hydrogen-bond acceptors (Lipinski definition) is 3. The van der Waals surface area contributed by atoms with Crippen molar-refractivity contribution in [1.82, 2.24) is 0 Å². The van der Waals surface area contributed by atoms with Crippen molar-refractivity contribution < 1.29 is 14.4 Å². The van der Waals surface area contributed by atoms with Crippen molar-refractivity contribution in [3.05, 3.63) is 23.3 Å². The molecule has 1 aliphatic heterocycles. The van der Waals surface area contributed by atoms with Crippen molar-refractivity contribution in [2.24, 2.45) is 0 Å². The average molecular weight is 248 g/mol. The van der Waals surface area contributed by atoms with Crippen LogP contribution in [0.2, 0.25) is 0 Å². The predicted octanol–water partition coefficient (Wildman–Crippen LogP) is 2.31. The number of phenols is 1. The quantitative estimate of drug-likeness (QED) is 0.775. The fourth-order valence-corrected chi connectivity index (χ4v) is 2.05. The molecule has 0 aromatic heterocycles. The van der Waals surface area contributed by atoms with Gasteiger partial charge in [-0.2, -0.15) is 0 Å². The van der Waals surface area contributed by atoms with Crippen LogP contribution in [0, 0.1) is 13.8 Å². The Morgan fingerprint density at radius 3 is 1.94 bits per heavy atom. The van der Waals surface area contributed by atoms with Crippen LogP contribution < -0.4 is 5.46 Å². The molecule has 1 fully saturated rings. The highest BCUT2D eigenvalue weighted by atomic mass is 16.7. The van der Waals surface area contributed by atoms with Gasteiger partial charge >= 0.3 is 7.12 Å². The number of rotatable bonds is 1. The monoisotopic (exact) mass is 248 g/mol. The Morgan fingerprint density at radius 2 is 1.44 bits per heavy atom. The molecule has 0 unspecified atom stereocenters. The number of phenolic OH excluding ortho intramolecular Hbond substituents is 1. The zero-order valence-electron chi connectivity index (χ0n) is 12.0. The number of hydrogen-bond donors (Lipinski definition) is 1. The number of aromatic hydroxyl groups is 1. The average Bonchev–Trinajstić information content (AvgIpc) is 2.42. The fourth-order valence-electron chi connectivity index (χ4n) is 2.05. The summed E-state index contributed by atoms with van der Waals surface area (Å²) in [7, 11) is -0.366. The third-order valence-corrected chi connectivity index (χ3v) is 4.09. The molecule has 0 radical (unpaired) electrons. The van der Waals surface area contributed by atoms with E-state index >= 15 is 0 Å². The van der Waals surface area contributed by atoms with E-state index in [9.17, 15) is 5.11 Å². The standard InChI is InChI=1S/C14H21BO3/c1-9-8-12(16)10(2)7-11(9)15-17-13(3,4)14(5,6)18-15/h7-8,16H,1-6H3. The van der Waals surface area contributed by atoms with Crippen molar-refractivity contribution >= 4 is 12.6 Å². The molecule has 0 spiro atoms. The molecule has 1 saturated heterocycles. The Labute approximate surface area is 109 Å². The molecule has 1 N–H and O–H groups in total. The van der Waals surface area contributed by atoms with Gasteiger partial charge in [-0.3, -0.25) is 0 Å². The summed E-state index contributed by atoms with van der Waals surface area (Å²) in [6.45, 7) is 12.0. The van der Waals surface area contributed by atoms with Gasteiger partial charge in [0.15, 0.2) is 0 Å². The first-order valence-corrected chi connectivity index (χ1v) is 6.30. The Balaban J connectivity index is 2.38. The number of aryl methyl sites for hydroxylation is 2. The second kappa shape index (κ2) is 4.00. The van der Waals surface area contributed by atoms with Gasteiger partial charge in [0.1, 0.15) is 5.75 Å². The Morgan fingerprint density at radius 1 is 0.944 bits per heavy atom. The highest BCUT2D eigenvalue weighted by Crippen LogP contribution is 2.37. The zero-order chi connectivity index (χ0) is 13.7. The second-order valence-electron chi connectivity index (χ2n) is 6.08. The molecular formula is C14H21BO3. The van der Waals surface area contributed by atoms with E-state index < -0.39 is 0 Å². The van der Waals surface area contributed by atoms with Crippen molar-refractivity contribution in [2.45, 2.75) is 52.7 Å². The fraction of sp³-hybridized carbons (Fsp3) is 0.571. The van der Waals surface area contributed by atoms with E-state index in [-0.39, 0.29) is 18.3 Å². The lowest BCUT2D eigenvalue weighted by Crippen LogP contribution is -2.41. The van der Waals surface area contributed by atoms with Crippen LogP contribution in [0.3, 0.4) is 0 Å². The van der Waals surface area contributed by atoms with Gasteiger partial charge in [-0.15, -0.1) is 0 Å². The highest BCUT2D eigenvalue weighted by molar-refractivity contribution is 6.62. The molecule has 3 nitrogen and oxygen atoms in total. The predicted molar refractivity (Wildman–Crippen MR) is 73.3 cm³/mol. The van der Waals surface area contributed by atoms with E-state index in [1.165, 1.54) is 0 Å². The first-order chi connectivity index (χ1) is 8.14. The molecule has 1 heterocycles. The SMILES string of the molecule is Cc1cc(B2OC(C)(C)C(C)(C)O2)c(C)cc1O. The summed E-state index contributed by atoms with van der Waals surface area (Å²) >= 11 is 0. The second-order valence-corrected chi connectivity index (χ2v) is 6.08. The minimum absolute atomic E-state index is 0.313. The minimum atomic E-state index is -0.366. The van der Waals surface area contributed by atoms with Gasteiger partial charge in [0, 0.05) is 0 Å². The lowest BCUT2D eigenvalue weighted by atomic mass is 9.75. The van der Waals surface area contributed by atoms with Gasteiger partial charge in [-0.05, 0) is 64.2 Å². The van der Waals surface area contributed by atoms with Crippen LogP contribution in [0.25, 0.3) is 0 Å². The van der Waals surface area contributed by atoms with E-state index in [4.69, 9.17) is 9.31 Å². The van der Waals surface area contributed by atoms with Crippen LogP contribution in [0.4, 0.5) is 0 Å². The van der Waals surface area contributed by atoms with E-state index in [1.54, 1.807) is 6.07 Å². The Hall–Kier alpha value is -0.995. The number of benzene rings is 1. The van der Waals surface area contributed by atoms with Crippen molar-refractivity contribution in [3.63, 3.8) is 0 Å². The molecule has 0 saturated carbocycles. The third kappa shape index (κ3) is 2.04. The van der Waals surface area contributed by atoms with Crippen LogP contribution in [0.15, 0.2) is 12.1 Å². The Bertz CT molecular complexity index is 464. The molecule has 1 aliphatic rings. The van der Waals surface area contributed by atoms with Crippen molar-refractivity contribution in [3.8, 4) is 5.75 Å². The van der Waals surface area contributed by atoms with Crippen LogP contribution in [0.5, 0.6) is 5.75 Å². The molecule has 2 rings (SSSR count). The van der Waals surface area contributed by atoms with Gasteiger partial charge in [0.2, 0.25) is 0 Å². The maximum absolute atomic E-state index is 9.69. The van der Waals surface area contributed by atoms with Gasteiger partial charge in [0.05, 0.1) is 11.2 Å². The summed E-state index contributed by atoms with van der Waals surface area (Å²) in [5.74, 6) is 0.313. The van der Waals surface area contributed by atoms with Gasteiger partial charge in [-0.25, -0.2) is 0 Å². The van der Waals surface area contributed by atoms with Crippen LogP contribution >= 0.6 is 0 Å². The smallest absolute Gasteiger partial charge is 0.495 e. The summed E-state index contributed by atoms with van der Waals surface area (Å²) in [6, 6.07) is 3.70. The van der Waals surface area contributed by atoms with E-state index in [0.717, 1.165) is 16.6 Å². The van der Waals surface area contributed by atoms with E-state index in [2.05, 4.69) is 0 Å². The molecule has 98 valence electrons. The van der Waals surface area contributed by atoms with Crippen molar-refractivity contribution in [2.75, 3.05) is 0 Å². The summed E-state index contributed by atoms with van der Waals surface area (Å²) < 4.78 is 12.0. The van der Waals surface area contributed by atoms with Crippen LogP contribution in [-0.2, 0) is 9.31 Å². The van der Waals surface area contributed by atoms with Gasteiger partial charge in [-0.1, -0.05) is 6.07 Å². The normalized spacial score (nSPS) is 21.3.